The zero-order valence-corrected chi connectivity index (χ0v) is 25.2. The standard InChI is InChI=1S/C32H42BNO7/c1-30(2,3)39-29(37)23-13-9-11-20(28(23)38-7)16-26(34-27(36)15-19-10-8-12-22(35)14-19)33-40-25-18-21-17-24(31(21,4)5)32(25,6)41-33/h8-14,21,24-26,35H,15-18H2,1-7H3,(H,34,36). The first-order valence-corrected chi connectivity index (χ1v) is 14.5. The third kappa shape index (κ3) is 5.71. The summed E-state index contributed by atoms with van der Waals surface area (Å²) in [6.07, 6.45) is 2.40. The van der Waals surface area contributed by atoms with Gasteiger partial charge in [0.2, 0.25) is 5.91 Å². The van der Waals surface area contributed by atoms with E-state index in [1.807, 2.05) is 26.8 Å². The fourth-order valence-electron chi connectivity index (χ4n) is 7.11. The minimum Gasteiger partial charge on any atom is -0.508 e. The zero-order chi connectivity index (χ0) is 29.7. The summed E-state index contributed by atoms with van der Waals surface area (Å²) in [5, 5.41) is 13.0. The Kier molecular flexibility index (Phi) is 7.66. The first-order chi connectivity index (χ1) is 19.2. The molecule has 3 aliphatic carbocycles. The molecule has 9 heteroatoms. The molecule has 3 saturated carbocycles. The number of rotatable bonds is 8. The van der Waals surface area contributed by atoms with Gasteiger partial charge in [-0.3, -0.25) is 4.79 Å². The molecule has 220 valence electrons. The number of hydrogen-bond donors (Lipinski definition) is 2. The van der Waals surface area contributed by atoms with Gasteiger partial charge < -0.3 is 29.2 Å². The van der Waals surface area contributed by atoms with Crippen LogP contribution in [-0.4, -0.2) is 54.5 Å². The van der Waals surface area contributed by atoms with Gasteiger partial charge in [-0.1, -0.05) is 38.1 Å². The van der Waals surface area contributed by atoms with Gasteiger partial charge in [0, 0.05) is 0 Å². The molecular weight excluding hydrogens is 521 g/mol. The SMILES string of the molecule is COc1c(CC(NC(=O)Cc2cccc(O)c2)B2OC3CC4CC(C4(C)C)C3(C)O2)cccc1C(=O)OC(C)(C)C. The summed E-state index contributed by atoms with van der Waals surface area (Å²) in [5.74, 6) is 0.227. The summed E-state index contributed by atoms with van der Waals surface area (Å²) in [5.41, 5.74) is 0.827. The maximum atomic E-state index is 13.3. The lowest BCUT2D eigenvalue weighted by Gasteiger charge is -2.64. The minimum atomic E-state index is -0.678. The number of benzene rings is 2. The van der Waals surface area contributed by atoms with E-state index in [-0.39, 0.29) is 29.6 Å². The van der Waals surface area contributed by atoms with Gasteiger partial charge in [-0.25, -0.2) is 4.79 Å². The van der Waals surface area contributed by atoms with E-state index in [2.05, 4.69) is 26.1 Å². The summed E-state index contributed by atoms with van der Waals surface area (Å²) in [6, 6.07) is 12.0. The average Bonchev–Trinajstić information content (AvgIpc) is 3.24. The fraction of sp³-hybridized carbons (Fsp3) is 0.562. The van der Waals surface area contributed by atoms with Gasteiger partial charge in [-0.15, -0.1) is 0 Å². The molecular formula is C32H42BNO7. The lowest BCUT2D eigenvalue weighted by atomic mass is 9.43. The van der Waals surface area contributed by atoms with Crippen molar-refractivity contribution in [2.45, 2.75) is 90.5 Å². The Morgan fingerprint density at radius 3 is 2.54 bits per heavy atom. The largest absolute Gasteiger partial charge is 0.508 e. The highest BCUT2D eigenvalue weighted by Gasteiger charge is 2.68. The van der Waals surface area contributed by atoms with E-state index in [0.717, 1.165) is 18.4 Å². The molecule has 8 nitrogen and oxygen atoms in total. The molecule has 2 aromatic rings. The normalized spacial score (nSPS) is 26.9. The van der Waals surface area contributed by atoms with Crippen LogP contribution in [0.1, 0.15) is 75.9 Å². The molecule has 1 heterocycles. The van der Waals surface area contributed by atoms with Crippen LogP contribution in [0.15, 0.2) is 42.5 Å². The lowest BCUT2D eigenvalue weighted by molar-refractivity contribution is -0.199. The van der Waals surface area contributed by atoms with Crippen LogP contribution in [0.25, 0.3) is 0 Å². The Balaban J connectivity index is 1.42. The molecule has 2 aromatic carbocycles. The molecule has 6 rings (SSSR count). The predicted octanol–water partition coefficient (Wildman–Crippen LogP) is 4.89. The molecule has 5 atom stereocenters. The van der Waals surface area contributed by atoms with Crippen LogP contribution in [-0.2, 0) is 31.7 Å². The second kappa shape index (κ2) is 10.7. The van der Waals surface area contributed by atoms with E-state index in [0.29, 0.717) is 35.1 Å². The number of methoxy groups -OCH3 is 1. The van der Waals surface area contributed by atoms with Gasteiger partial charge >= 0.3 is 13.1 Å². The number of carbonyl (C=O) groups excluding carboxylic acids is 2. The van der Waals surface area contributed by atoms with Crippen molar-refractivity contribution in [1.29, 1.82) is 0 Å². The number of phenolic OH excluding ortho intramolecular Hbond substituents is 1. The summed E-state index contributed by atoms with van der Waals surface area (Å²) in [6.45, 7) is 12.2. The number of amides is 1. The van der Waals surface area contributed by atoms with Gasteiger partial charge in [0.25, 0.3) is 0 Å². The highest BCUT2D eigenvalue weighted by Crippen LogP contribution is 2.65. The molecule has 0 radical (unpaired) electrons. The van der Waals surface area contributed by atoms with E-state index in [1.54, 1.807) is 36.4 Å². The number of para-hydroxylation sites is 1. The Bertz CT molecular complexity index is 1320. The minimum absolute atomic E-state index is 0.0512. The van der Waals surface area contributed by atoms with Gasteiger partial charge in [0.15, 0.2) is 0 Å². The maximum Gasteiger partial charge on any atom is 0.482 e. The van der Waals surface area contributed by atoms with E-state index in [4.69, 9.17) is 18.8 Å². The van der Waals surface area contributed by atoms with Crippen molar-refractivity contribution < 1.29 is 33.5 Å². The molecule has 1 amide bonds. The number of aromatic hydroxyl groups is 1. The quantitative estimate of drug-likeness (QED) is 0.348. The van der Waals surface area contributed by atoms with Gasteiger partial charge in [-0.2, -0.15) is 0 Å². The summed E-state index contributed by atoms with van der Waals surface area (Å²) in [7, 11) is 0.846. The van der Waals surface area contributed by atoms with Crippen molar-refractivity contribution >= 4 is 19.0 Å². The van der Waals surface area contributed by atoms with Crippen LogP contribution in [0, 0.1) is 17.3 Å². The van der Waals surface area contributed by atoms with E-state index < -0.39 is 30.2 Å². The Labute approximate surface area is 243 Å². The number of ether oxygens (including phenoxy) is 2. The van der Waals surface area contributed by atoms with Crippen LogP contribution < -0.4 is 10.1 Å². The van der Waals surface area contributed by atoms with E-state index >= 15 is 0 Å². The van der Waals surface area contributed by atoms with Crippen LogP contribution in [0.5, 0.6) is 11.5 Å². The van der Waals surface area contributed by atoms with E-state index in [1.165, 1.54) is 7.11 Å². The highest BCUT2D eigenvalue weighted by molar-refractivity contribution is 6.48. The lowest BCUT2D eigenvalue weighted by Crippen LogP contribution is -2.65. The monoisotopic (exact) mass is 563 g/mol. The van der Waals surface area contributed by atoms with Crippen molar-refractivity contribution in [1.82, 2.24) is 5.32 Å². The van der Waals surface area contributed by atoms with Gasteiger partial charge in [-0.05, 0) is 93.5 Å². The topological polar surface area (TPSA) is 103 Å². The average molecular weight is 564 g/mol. The van der Waals surface area contributed by atoms with Crippen molar-refractivity contribution in [2.75, 3.05) is 7.11 Å². The number of carbonyl (C=O) groups is 2. The molecule has 4 fully saturated rings. The number of nitrogens with one attached hydrogen (secondary N) is 1. The molecule has 4 aliphatic rings. The Morgan fingerprint density at radius 2 is 1.88 bits per heavy atom. The molecule has 2 N–H and O–H groups in total. The van der Waals surface area contributed by atoms with Crippen molar-refractivity contribution in [3.8, 4) is 11.5 Å². The molecule has 0 spiro atoms. The van der Waals surface area contributed by atoms with Crippen LogP contribution in [0.3, 0.4) is 0 Å². The smallest absolute Gasteiger partial charge is 0.482 e. The molecule has 0 aromatic heterocycles. The van der Waals surface area contributed by atoms with Gasteiger partial charge in [0.05, 0.1) is 31.2 Å². The molecule has 1 saturated heterocycles. The van der Waals surface area contributed by atoms with Crippen LogP contribution in [0.2, 0.25) is 0 Å². The predicted molar refractivity (Wildman–Crippen MR) is 156 cm³/mol. The summed E-state index contributed by atoms with van der Waals surface area (Å²) in [4.78, 5) is 26.3. The van der Waals surface area contributed by atoms with E-state index in [9.17, 15) is 14.7 Å². The molecule has 41 heavy (non-hydrogen) atoms. The number of hydrogen-bond acceptors (Lipinski definition) is 7. The first kappa shape index (κ1) is 29.5. The van der Waals surface area contributed by atoms with Crippen molar-refractivity contribution in [2.24, 2.45) is 17.3 Å². The number of esters is 1. The zero-order valence-electron chi connectivity index (χ0n) is 25.2. The van der Waals surface area contributed by atoms with Crippen molar-refractivity contribution in [3.63, 3.8) is 0 Å². The van der Waals surface area contributed by atoms with Crippen LogP contribution in [0.4, 0.5) is 0 Å². The third-order valence-corrected chi connectivity index (χ3v) is 9.28. The summed E-state index contributed by atoms with van der Waals surface area (Å²) < 4.78 is 24.7. The van der Waals surface area contributed by atoms with Gasteiger partial charge in [0.1, 0.15) is 22.7 Å². The second-order valence-electron chi connectivity index (χ2n) is 13.6. The highest BCUT2D eigenvalue weighted by atomic mass is 16.7. The number of phenols is 1. The molecule has 2 bridgehead atoms. The first-order valence-electron chi connectivity index (χ1n) is 14.5. The maximum absolute atomic E-state index is 13.3. The Hall–Kier alpha value is -3.04. The van der Waals surface area contributed by atoms with Crippen molar-refractivity contribution in [3.05, 3.63) is 59.2 Å². The summed E-state index contributed by atoms with van der Waals surface area (Å²) >= 11 is 0. The molecule has 5 unspecified atom stereocenters. The second-order valence-corrected chi connectivity index (χ2v) is 13.6. The fourth-order valence-corrected chi connectivity index (χ4v) is 7.11. The third-order valence-electron chi connectivity index (χ3n) is 9.28. The molecule has 1 aliphatic heterocycles. The Morgan fingerprint density at radius 1 is 1.15 bits per heavy atom. The van der Waals surface area contributed by atoms with Crippen LogP contribution >= 0.6 is 0 Å².